The summed E-state index contributed by atoms with van der Waals surface area (Å²) in [7, 11) is 0. The Morgan fingerprint density at radius 2 is 1.93 bits per heavy atom. The number of rotatable bonds is 6. The van der Waals surface area contributed by atoms with Crippen LogP contribution in [0.25, 0.3) is 11.5 Å². The first-order valence-electron chi connectivity index (χ1n) is 10.6. The van der Waals surface area contributed by atoms with E-state index in [9.17, 15) is 4.79 Å². The summed E-state index contributed by atoms with van der Waals surface area (Å²) >= 11 is 0. The van der Waals surface area contributed by atoms with E-state index in [1.807, 2.05) is 48.5 Å². The molecule has 1 amide bonds. The monoisotopic (exact) mass is 401 g/mol. The van der Waals surface area contributed by atoms with Gasteiger partial charge in [-0.3, -0.25) is 9.78 Å². The average molecular weight is 402 g/mol. The predicted molar refractivity (Wildman–Crippen MR) is 118 cm³/mol. The van der Waals surface area contributed by atoms with Crippen LogP contribution in [0.1, 0.15) is 42.2 Å². The molecular weight excluding hydrogens is 374 g/mol. The SMILES string of the molecule is CCc1cc(N2CCCCC2CNC(=O)c2ccccc2)nc(-c2ccccn2)n1. The molecule has 0 bridgehead atoms. The van der Waals surface area contributed by atoms with Gasteiger partial charge in [-0.1, -0.05) is 31.2 Å². The fourth-order valence-corrected chi connectivity index (χ4v) is 3.84. The topological polar surface area (TPSA) is 71.0 Å². The Hall–Kier alpha value is -3.28. The number of aromatic nitrogens is 3. The zero-order valence-electron chi connectivity index (χ0n) is 17.3. The van der Waals surface area contributed by atoms with Crippen LogP contribution in [-0.2, 0) is 6.42 Å². The lowest BCUT2D eigenvalue weighted by Gasteiger charge is -2.37. The lowest BCUT2D eigenvalue weighted by Crippen LogP contribution is -2.47. The molecule has 30 heavy (non-hydrogen) atoms. The highest BCUT2D eigenvalue weighted by atomic mass is 16.1. The molecule has 3 heterocycles. The van der Waals surface area contributed by atoms with Crippen LogP contribution in [0.5, 0.6) is 0 Å². The Labute approximate surface area is 177 Å². The predicted octanol–water partition coefficient (Wildman–Crippen LogP) is 3.89. The van der Waals surface area contributed by atoms with Gasteiger partial charge in [0.25, 0.3) is 5.91 Å². The molecule has 1 N–H and O–H groups in total. The molecule has 1 unspecified atom stereocenters. The highest BCUT2D eigenvalue weighted by Gasteiger charge is 2.25. The zero-order chi connectivity index (χ0) is 20.8. The number of nitrogens with one attached hydrogen (secondary N) is 1. The van der Waals surface area contributed by atoms with E-state index in [-0.39, 0.29) is 11.9 Å². The fourth-order valence-electron chi connectivity index (χ4n) is 3.84. The van der Waals surface area contributed by atoms with E-state index < -0.39 is 0 Å². The lowest BCUT2D eigenvalue weighted by molar-refractivity contribution is 0.0949. The van der Waals surface area contributed by atoms with Crippen molar-refractivity contribution in [3.63, 3.8) is 0 Å². The van der Waals surface area contributed by atoms with Gasteiger partial charge < -0.3 is 10.2 Å². The van der Waals surface area contributed by atoms with Gasteiger partial charge in [-0.05, 0) is 49.9 Å². The molecule has 6 heteroatoms. The second-order valence-corrected chi connectivity index (χ2v) is 7.53. The Balaban J connectivity index is 1.55. The minimum absolute atomic E-state index is 0.0350. The number of aryl methyl sites for hydroxylation is 1. The third-order valence-corrected chi connectivity index (χ3v) is 5.48. The summed E-state index contributed by atoms with van der Waals surface area (Å²) in [6.45, 7) is 3.62. The van der Waals surface area contributed by atoms with Crippen molar-refractivity contribution in [2.45, 2.75) is 38.6 Å². The maximum atomic E-state index is 12.5. The summed E-state index contributed by atoms with van der Waals surface area (Å²) in [5, 5.41) is 3.11. The smallest absolute Gasteiger partial charge is 0.251 e. The molecule has 154 valence electrons. The fraction of sp³-hybridized carbons (Fsp3) is 0.333. The van der Waals surface area contributed by atoms with E-state index in [4.69, 9.17) is 4.98 Å². The summed E-state index contributed by atoms with van der Waals surface area (Å²) in [4.78, 5) is 28.8. The number of piperidine rings is 1. The van der Waals surface area contributed by atoms with E-state index >= 15 is 0 Å². The van der Waals surface area contributed by atoms with Crippen LogP contribution in [0.15, 0.2) is 60.8 Å². The Morgan fingerprint density at radius 3 is 2.70 bits per heavy atom. The molecule has 1 atom stereocenters. The van der Waals surface area contributed by atoms with Crippen LogP contribution < -0.4 is 10.2 Å². The highest BCUT2D eigenvalue weighted by molar-refractivity contribution is 5.94. The molecule has 6 nitrogen and oxygen atoms in total. The van der Waals surface area contributed by atoms with E-state index in [1.165, 1.54) is 0 Å². The minimum atomic E-state index is -0.0350. The van der Waals surface area contributed by atoms with E-state index in [2.05, 4.69) is 33.2 Å². The Morgan fingerprint density at radius 1 is 1.10 bits per heavy atom. The molecule has 1 aromatic carbocycles. The number of nitrogens with zero attached hydrogens (tertiary/aromatic N) is 4. The second-order valence-electron chi connectivity index (χ2n) is 7.53. The van der Waals surface area contributed by atoms with Gasteiger partial charge >= 0.3 is 0 Å². The number of benzene rings is 1. The largest absolute Gasteiger partial charge is 0.352 e. The van der Waals surface area contributed by atoms with Crippen molar-refractivity contribution in [2.24, 2.45) is 0 Å². The lowest BCUT2D eigenvalue weighted by atomic mass is 10.0. The number of amides is 1. The molecule has 1 aliphatic heterocycles. The van der Waals surface area contributed by atoms with Crippen molar-refractivity contribution in [1.29, 1.82) is 0 Å². The molecule has 0 saturated carbocycles. The number of pyridine rings is 1. The molecule has 1 saturated heterocycles. The maximum Gasteiger partial charge on any atom is 0.251 e. The molecular formula is C24H27N5O. The third kappa shape index (κ3) is 4.64. The second kappa shape index (κ2) is 9.48. The summed E-state index contributed by atoms with van der Waals surface area (Å²) in [6, 6.07) is 17.4. The van der Waals surface area contributed by atoms with Gasteiger partial charge in [-0.15, -0.1) is 0 Å². The van der Waals surface area contributed by atoms with Crippen LogP contribution in [0.4, 0.5) is 5.82 Å². The van der Waals surface area contributed by atoms with Gasteiger partial charge in [-0.25, -0.2) is 9.97 Å². The van der Waals surface area contributed by atoms with E-state index in [0.717, 1.165) is 49.4 Å². The van der Waals surface area contributed by atoms with Crippen LogP contribution in [0.3, 0.4) is 0 Å². The number of carbonyl (C=O) groups excluding carboxylic acids is 1. The van der Waals surface area contributed by atoms with Crippen LogP contribution in [0.2, 0.25) is 0 Å². The van der Waals surface area contributed by atoms with Crippen LogP contribution >= 0.6 is 0 Å². The summed E-state index contributed by atoms with van der Waals surface area (Å²) in [5.74, 6) is 1.54. The van der Waals surface area contributed by atoms with E-state index in [0.29, 0.717) is 17.9 Å². The van der Waals surface area contributed by atoms with Crippen molar-refractivity contribution in [1.82, 2.24) is 20.3 Å². The molecule has 1 aliphatic rings. The minimum Gasteiger partial charge on any atom is -0.352 e. The zero-order valence-corrected chi connectivity index (χ0v) is 17.3. The number of anilines is 1. The molecule has 2 aromatic heterocycles. The molecule has 0 aliphatic carbocycles. The summed E-state index contributed by atoms with van der Waals surface area (Å²) in [5.41, 5.74) is 2.46. The Kier molecular flexibility index (Phi) is 6.32. The standard InChI is InChI=1S/C24H27N5O/c1-2-19-16-22(28-23(27-19)21-13-6-8-14-25-21)29-15-9-7-12-20(29)17-26-24(30)18-10-4-3-5-11-18/h3-6,8,10-11,13-14,16,20H,2,7,9,12,15,17H2,1H3,(H,26,30). The van der Waals surface area contributed by atoms with Crippen molar-refractivity contribution in [3.8, 4) is 11.5 Å². The van der Waals surface area contributed by atoms with Gasteiger partial charge in [0.15, 0.2) is 5.82 Å². The van der Waals surface area contributed by atoms with Crippen LogP contribution in [-0.4, -0.2) is 40.0 Å². The average Bonchev–Trinajstić information content (AvgIpc) is 2.83. The quantitative estimate of drug-likeness (QED) is 0.678. The van der Waals surface area contributed by atoms with Gasteiger partial charge in [0.1, 0.15) is 11.5 Å². The first-order valence-corrected chi connectivity index (χ1v) is 10.6. The van der Waals surface area contributed by atoms with Crippen molar-refractivity contribution < 1.29 is 4.79 Å². The molecule has 0 radical (unpaired) electrons. The van der Waals surface area contributed by atoms with Gasteiger partial charge in [-0.2, -0.15) is 0 Å². The number of carbonyl (C=O) groups is 1. The maximum absolute atomic E-state index is 12.5. The van der Waals surface area contributed by atoms with Crippen molar-refractivity contribution >= 4 is 11.7 Å². The highest BCUT2D eigenvalue weighted by Crippen LogP contribution is 2.26. The molecule has 0 spiro atoms. The molecule has 3 aromatic rings. The first kappa shape index (κ1) is 20.0. The number of hydrogen-bond acceptors (Lipinski definition) is 5. The van der Waals surface area contributed by atoms with Crippen molar-refractivity contribution in [3.05, 3.63) is 72.1 Å². The van der Waals surface area contributed by atoms with Crippen molar-refractivity contribution in [2.75, 3.05) is 18.0 Å². The molecule has 4 rings (SSSR count). The van der Waals surface area contributed by atoms with Gasteiger partial charge in [0.2, 0.25) is 0 Å². The Bertz CT molecular complexity index is 977. The summed E-state index contributed by atoms with van der Waals surface area (Å²) in [6.07, 6.45) is 5.90. The third-order valence-electron chi connectivity index (χ3n) is 5.48. The normalized spacial score (nSPS) is 16.3. The van der Waals surface area contributed by atoms with E-state index in [1.54, 1.807) is 6.20 Å². The molecule has 1 fully saturated rings. The first-order chi connectivity index (χ1) is 14.7. The van der Waals surface area contributed by atoms with Gasteiger partial charge in [0.05, 0.1) is 0 Å². The van der Waals surface area contributed by atoms with Gasteiger partial charge in [0, 0.05) is 42.7 Å². The van der Waals surface area contributed by atoms with Crippen LogP contribution in [0, 0.1) is 0 Å². The number of hydrogen-bond donors (Lipinski definition) is 1. The summed E-state index contributed by atoms with van der Waals surface area (Å²) < 4.78 is 0.